The smallest absolute Gasteiger partial charge is 0.295 e. The fourth-order valence-electron chi connectivity index (χ4n) is 1.69. The maximum absolute atomic E-state index is 11.3. The van der Waals surface area contributed by atoms with Crippen LogP contribution in [0.2, 0.25) is 0 Å². The molecular weight excluding hydrogens is 284 g/mol. The third kappa shape index (κ3) is 2.37. The lowest BCUT2D eigenvalue weighted by Gasteiger charge is -2.00. The molecule has 2 heterocycles. The quantitative estimate of drug-likeness (QED) is 0.418. The van der Waals surface area contributed by atoms with E-state index in [-0.39, 0.29) is 27.1 Å². The molecule has 0 saturated carbocycles. The molecule has 20 heavy (non-hydrogen) atoms. The number of carbonyl (C=O) groups excluding carboxylic acids is 1. The van der Waals surface area contributed by atoms with Gasteiger partial charge in [-0.2, -0.15) is 13.7 Å². The van der Waals surface area contributed by atoms with Gasteiger partial charge in [0.2, 0.25) is 0 Å². The number of primary amides is 1. The molecule has 9 heteroatoms. The highest BCUT2D eigenvalue weighted by atomic mass is 32.2. The summed E-state index contributed by atoms with van der Waals surface area (Å²) in [6.45, 7) is 0. The minimum absolute atomic E-state index is 0.0731. The average Bonchev–Trinajstić information content (AvgIpc) is 2.77. The first-order valence-electron chi connectivity index (χ1n) is 5.19. The van der Waals surface area contributed by atoms with Crippen molar-refractivity contribution in [1.29, 1.82) is 5.26 Å². The summed E-state index contributed by atoms with van der Waals surface area (Å²) < 4.78 is 31.8. The highest BCUT2D eigenvalue weighted by Gasteiger charge is 2.18. The summed E-state index contributed by atoms with van der Waals surface area (Å²) in [7, 11) is -4.47. The average molecular weight is 292 g/mol. The molecule has 0 radical (unpaired) electrons. The molecule has 0 atom stereocenters. The van der Waals surface area contributed by atoms with E-state index >= 15 is 0 Å². The van der Waals surface area contributed by atoms with Gasteiger partial charge in [0, 0.05) is 23.3 Å². The summed E-state index contributed by atoms with van der Waals surface area (Å²) in [5.74, 6) is -0.945. The highest BCUT2D eigenvalue weighted by Crippen LogP contribution is 2.26. The molecule has 1 amide bonds. The SMILES string of the molecule is N#CC(=Cc1c[nH]c2nccc(S(=O)(=O)O)c12)C(N)=O. The van der Waals surface area contributed by atoms with E-state index in [4.69, 9.17) is 11.0 Å². The Morgan fingerprint density at radius 2 is 2.25 bits per heavy atom. The molecule has 0 aromatic carbocycles. The van der Waals surface area contributed by atoms with E-state index in [1.807, 2.05) is 0 Å². The van der Waals surface area contributed by atoms with E-state index in [1.165, 1.54) is 12.4 Å². The number of nitrogens with two attached hydrogens (primary N) is 1. The molecule has 0 aliphatic heterocycles. The van der Waals surface area contributed by atoms with Crippen molar-refractivity contribution in [2.75, 3.05) is 0 Å². The normalized spacial score (nSPS) is 12.3. The summed E-state index contributed by atoms with van der Waals surface area (Å²) >= 11 is 0. The minimum Gasteiger partial charge on any atom is -0.365 e. The van der Waals surface area contributed by atoms with Crippen LogP contribution in [-0.4, -0.2) is 28.8 Å². The number of nitrogens with one attached hydrogen (secondary N) is 1. The Bertz CT molecular complexity index is 873. The number of nitriles is 1. The molecule has 0 saturated heterocycles. The van der Waals surface area contributed by atoms with Gasteiger partial charge in [-0.05, 0) is 12.1 Å². The van der Waals surface area contributed by atoms with Crippen molar-refractivity contribution >= 4 is 33.1 Å². The molecule has 0 fully saturated rings. The molecule has 0 spiro atoms. The second kappa shape index (κ2) is 4.76. The Kier molecular flexibility index (Phi) is 3.27. The minimum atomic E-state index is -4.47. The second-order valence-electron chi connectivity index (χ2n) is 3.79. The standard InChI is InChI=1S/C11H8N4O4S/c12-4-6(10(13)16)3-7-5-15-11-9(7)8(1-2-14-11)20(17,18)19/h1-3,5H,(H2,13,16)(H,14,15)(H,17,18,19). The third-order valence-electron chi connectivity index (χ3n) is 2.53. The lowest BCUT2D eigenvalue weighted by molar-refractivity contribution is -0.114. The van der Waals surface area contributed by atoms with Crippen LogP contribution < -0.4 is 5.73 Å². The molecule has 2 aromatic heterocycles. The Morgan fingerprint density at radius 3 is 2.80 bits per heavy atom. The monoisotopic (exact) mass is 292 g/mol. The maximum Gasteiger partial charge on any atom is 0.295 e. The number of pyridine rings is 1. The second-order valence-corrected chi connectivity index (χ2v) is 5.18. The van der Waals surface area contributed by atoms with Gasteiger partial charge in [-0.1, -0.05) is 0 Å². The van der Waals surface area contributed by atoms with Gasteiger partial charge in [0.05, 0.1) is 0 Å². The van der Waals surface area contributed by atoms with Crippen molar-refractivity contribution in [3.63, 3.8) is 0 Å². The zero-order chi connectivity index (χ0) is 14.9. The van der Waals surface area contributed by atoms with Crippen LogP contribution in [0.3, 0.4) is 0 Å². The molecular formula is C11H8N4O4S. The van der Waals surface area contributed by atoms with Crippen LogP contribution in [0.1, 0.15) is 5.56 Å². The first-order chi connectivity index (χ1) is 9.34. The molecule has 2 aromatic rings. The Morgan fingerprint density at radius 1 is 1.55 bits per heavy atom. The number of hydrogen-bond acceptors (Lipinski definition) is 5. The van der Waals surface area contributed by atoms with Gasteiger partial charge in [-0.25, -0.2) is 4.98 Å². The van der Waals surface area contributed by atoms with Crippen molar-refractivity contribution in [3.05, 3.63) is 29.6 Å². The molecule has 0 unspecified atom stereocenters. The lowest BCUT2D eigenvalue weighted by Crippen LogP contribution is -2.12. The number of aromatic amines is 1. The van der Waals surface area contributed by atoms with E-state index in [2.05, 4.69) is 9.97 Å². The highest BCUT2D eigenvalue weighted by molar-refractivity contribution is 7.86. The summed E-state index contributed by atoms with van der Waals surface area (Å²) in [4.78, 5) is 17.2. The van der Waals surface area contributed by atoms with Gasteiger partial charge in [0.25, 0.3) is 16.0 Å². The number of hydrogen-bond donors (Lipinski definition) is 3. The maximum atomic E-state index is 11.3. The van der Waals surface area contributed by atoms with Gasteiger partial charge in [-0.15, -0.1) is 0 Å². The number of H-pyrrole nitrogens is 1. The predicted octanol–water partition coefficient (Wildman–Crippen LogP) is 0.202. The van der Waals surface area contributed by atoms with Crippen molar-refractivity contribution < 1.29 is 17.8 Å². The topological polar surface area (TPSA) is 150 Å². The number of carbonyl (C=O) groups is 1. The summed E-state index contributed by atoms with van der Waals surface area (Å²) in [5, 5.41) is 8.86. The van der Waals surface area contributed by atoms with Crippen molar-refractivity contribution in [2.45, 2.75) is 4.90 Å². The summed E-state index contributed by atoms with van der Waals surface area (Å²) in [6, 6.07) is 2.71. The fourth-order valence-corrected chi connectivity index (χ4v) is 2.40. The summed E-state index contributed by atoms with van der Waals surface area (Å²) in [6.07, 6.45) is 3.68. The number of aromatic nitrogens is 2. The van der Waals surface area contributed by atoms with E-state index in [1.54, 1.807) is 6.07 Å². The first-order valence-corrected chi connectivity index (χ1v) is 6.64. The van der Waals surface area contributed by atoms with Crippen LogP contribution in [0.4, 0.5) is 0 Å². The fraction of sp³-hybridized carbons (Fsp3) is 0. The molecule has 8 nitrogen and oxygen atoms in total. The zero-order valence-electron chi connectivity index (χ0n) is 9.86. The molecule has 0 aliphatic rings. The largest absolute Gasteiger partial charge is 0.365 e. The zero-order valence-corrected chi connectivity index (χ0v) is 10.7. The van der Waals surface area contributed by atoms with Crippen LogP contribution in [0, 0.1) is 11.3 Å². The third-order valence-corrected chi connectivity index (χ3v) is 3.43. The van der Waals surface area contributed by atoms with E-state index < -0.39 is 16.0 Å². The van der Waals surface area contributed by atoms with Gasteiger partial charge >= 0.3 is 0 Å². The van der Waals surface area contributed by atoms with Crippen LogP contribution >= 0.6 is 0 Å². The van der Waals surface area contributed by atoms with Gasteiger partial charge in [-0.3, -0.25) is 9.35 Å². The Hall–Kier alpha value is -2.70. The van der Waals surface area contributed by atoms with Gasteiger partial charge in [0.1, 0.15) is 22.2 Å². The molecule has 102 valence electrons. The number of fused-ring (bicyclic) bond motifs is 1. The number of amides is 1. The van der Waals surface area contributed by atoms with Crippen molar-refractivity contribution in [1.82, 2.24) is 9.97 Å². The van der Waals surface area contributed by atoms with Crippen LogP contribution in [0.15, 0.2) is 28.9 Å². The van der Waals surface area contributed by atoms with Crippen LogP contribution in [0.25, 0.3) is 17.1 Å². The van der Waals surface area contributed by atoms with Gasteiger partial charge in [0.15, 0.2) is 0 Å². The van der Waals surface area contributed by atoms with Gasteiger partial charge < -0.3 is 10.7 Å². The molecule has 0 aliphatic carbocycles. The summed E-state index contributed by atoms with van der Waals surface area (Å²) in [5.41, 5.74) is 5.05. The van der Waals surface area contributed by atoms with Crippen LogP contribution in [0.5, 0.6) is 0 Å². The Labute approximate surface area is 113 Å². The van der Waals surface area contributed by atoms with E-state index in [9.17, 15) is 17.8 Å². The number of rotatable bonds is 3. The van der Waals surface area contributed by atoms with Crippen molar-refractivity contribution in [2.24, 2.45) is 5.73 Å². The number of nitrogens with zero attached hydrogens (tertiary/aromatic N) is 2. The Balaban J connectivity index is 2.81. The molecule has 2 rings (SSSR count). The predicted molar refractivity (Wildman–Crippen MR) is 68.7 cm³/mol. The van der Waals surface area contributed by atoms with E-state index in [0.29, 0.717) is 0 Å². The van der Waals surface area contributed by atoms with E-state index in [0.717, 1.165) is 12.1 Å². The first kappa shape index (κ1) is 13.7. The lowest BCUT2D eigenvalue weighted by atomic mass is 10.1. The van der Waals surface area contributed by atoms with Crippen molar-refractivity contribution in [3.8, 4) is 6.07 Å². The van der Waals surface area contributed by atoms with Crippen LogP contribution in [-0.2, 0) is 14.9 Å². The molecule has 4 N–H and O–H groups in total. The molecule has 0 bridgehead atoms.